The topological polar surface area (TPSA) is 70.1 Å². The zero-order chi connectivity index (χ0) is 15.6. The molecule has 114 valence electrons. The second-order valence-electron chi connectivity index (χ2n) is 5.37. The molecule has 0 spiro atoms. The number of nitrogens with zero attached hydrogens (tertiary/aromatic N) is 2. The van der Waals surface area contributed by atoms with E-state index in [2.05, 4.69) is 0 Å². The number of urea groups is 1. The number of hydrogen-bond acceptors (Lipinski definition) is 3. The fourth-order valence-corrected chi connectivity index (χ4v) is 2.57. The quantitative estimate of drug-likeness (QED) is 0.923. The molecule has 0 saturated carbocycles. The van der Waals surface area contributed by atoms with E-state index in [-0.39, 0.29) is 18.5 Å². The number of aliphatic carboxylic acids is 1. The number of carboxylic acid groups (broad SMARTS) is 1. The molecule has 1 saturated heterocycles. The van der Waals surface area contributed by atoms with Gasteiger partial charge in [0.1, 0.15) is 5.75 Å². The molecule has 21 heavy (non-hydrogen) atoms. The van der Waals surface area contributed by atoms with Crippen LogP contribution in [0.1, 0.15) is 6.92 Å². The molecule has 1 heterocycles. The van der Waals surface area contributed by atoms with Gasteiger partial charge >= 0.3 is 12.0 Å². The minimum absolute atomic E-state index is 0.0317. The van der Waals surface area contributed by atoms with Gasteiger partial charge in [0.05, 0.1) is 13.0 Å². The lowest BCUT2D eigenvalue weighted by Crippen LogP contribution is -2.40. The van der Waals surface area contributed by atoms with Crippen molar-refractivity contribution in [1.82, 2.24) is 4.90 Å². The van der Waals surface area contributed by atoms with E-state index in [0.29, 0.717) is 6.54 Å². The number of carbonyl (C=O) groups is 2. The Morgan fingerprint density at radius 2 is 1.90 bits per heavy atom. The predicted molar refractivity (Wildman–Crippen MR) is 78.7 cm³/mol. The third kappa shape index (κ3) is 3.09. The Morgan fingerprint density at radius 1 is 1.29 bits per heavy atom. The molecule has 2 atom stereocenters. The van der Waals surface area contributed by atoms with Gasteiger partial charge in [-0.15, -0.1) is 0 Å². The number of methoxy groups -OCH3 is 1. The van der Waals surface area contributed by atoms with Crippen molar-refractivity contribution in [3.05, 3.63) is 24.3 Å². The molecule has 1 N–H and O–H groups in total. The number of anilines is 1. The molecule has 2 rings (SSSR count). The van der Waals surface area contributed by atoms with Gasteiger partial charge in [0.15, 0.2) is 0 Å². The summed E-state index contributed by atoms with van der Waals surface area (Å²) >= 11 is 0. The van der Waals surface area contributed by atoms with Gasteiger partial charge in [-0.2, -0.15) is 0 Å². The smallest absolute Gasteiger partial charge is 0.324 e. The van der Waals surface area contributed by atoms with E-state index in [4.69, 9.17) is 9.84 Å². The summed E-state index contributed by atoms with van der Waals surface area (Å²) in [5.41, 5.74) is 0.743. The van der Waals surface area contributed by atoms with Crippen LogP contribution in [0.2, 0.25) is 0 Å². The van der Waals surface area contributed by atoms with E-state index in [1.54, 1.807) is 43.3 Å². The van der Waals surface area contributed by atoms with Crippen LogP contribution >= 0.6 is 0 Å². The lowest BCUT2D eigenvalue weighted by molar-refractivity contribution is -0.142. The molecule has 1 fully saturated rings. The number of hydrogen-bond donors (Lipinski definition) is 1. The number of likely N-dealkylation sites (tertiary alicyclic amines) is 1. The largest absolute Gasteiger partial charge is 0.497 e. The minimum Gasteiger partial charge on any atom is -0.497 e. The summed E-state index contributed by atoms with van der Waals surface area (Å²) in [5.74, 6) is -0.640. The number of amides is 2. The van der Waals surface area contributed by atoms with Crippen molar-refractivity contribution >= 4 is 17.7 Å². The maximum atomic E-state index is 12.4. The van der Waals surface area contributed by atoms with E-state index in [0.717, 1.165) is 11.4 Å². The molecule has 1 aromatic carbocycles. The minimum atomic E-state index is -0.843. The van der Waals surface area contributed by atoms with Crippen molar-refractivity contribution < 1.29 is 19.4 Å². The van der Waals surface area contributed by atoms with Crippen LogP contribution < -0.4 is 9.64 Å². The fraction of sp³-hybridized carbons (Fsp3) is 0.467. The second kappa shape index (κ2) is 6.03. The average Bonchev–Trinajstić information content (AvgIpc) is 2.88. The van der Waals surface area contributed by atoms with Gasteiger partial charge in [-0.3, -0.25) is 9.69 Å². The molecule has 0 aliphatic carbocycles. The lowest BCUT2D eigenvalue weighted by Gasteiger charge is -2.24. The highest BCUT2D eigenvalue weighted by molar-refractivity contribution is 5.92. The monoisotopic (exact) mass is 292 g/mol. The number of carboxylic acids is 1. The van der Waals surface area contributed by atoms with Crippen LogP contribution in [0.3, 0.4) is 0 Å². The van der Waals surface area contributed by atoms with Crippen LogP contribution in [0.15, 0.2) is 24.3 Å². The number of carbonyl (C=O) groups excluding carboxylic acids is 1. The van der Waals surface area contributed by atoms with Gasteiger partial charge in [0, 0.05) is 25.8 Å². The zero-order valence-electron chi connectivity index (χ0n) is 12.4. The van der Waals surface area contributed by atoms with Crippen LogP contribution in [0, 0.1) is 11.8 Å². The van der Waals surface area contributed by atoms with E-state index in [9.17, 15) is 9.59 Å². The highest BCUT2D eigenvalue weighted by Crippen LogP contribution is 2.26. The number of benzene rings is 1. The second-order valence-corrected chi connectivity index (χ2v) is 5.37. The molecule has 1 aliphatic heterocycles. The highest BCUT2D eigenvalue weighted by Gasteiger charge is 2.38. The summed E-state index contributed by atoms with van der Waals surface area (Å²) in [6.07, 6.45) is 0. The number of rotatable bonds is 3. The molecule has 2 unspecified atom stereocenters. The first-order valence-corrected chi connectivity index (χ1v) is 6.83. The first kappa shape index (κ1) is 15.2. The third-order valence-corrected chi connectivity index (χ3v) is 3.95. The fourth-order valence-electron chi connectivity index (χ4n) is 2.57. The van der Waals surface area contributed by atoms with Crippen LogP contribution in [0.5, 0.6) is 5.75 Å². The van der Waals surface area contributed by atoms with Crippen LogP contribution in [-0.2, 0) is 4.79 Å². The molecular formula is C15H20N2O4. The van der Waals surface area contributed by atoms with Crippen molar-refractivity contribution in [1.29, 1.82) is 0 Å². The lowest BCUT2D eigenvalue weighted by atomic mass is 9.99. The van der Waals surface area contributed by atoms with E-state index in [1.165, 1.54) is 4.90 Å². The highest BCUT2D eigenvalue weighted by atomic mass is 16.5. The molecule has 6 nitrogen and oxygen atoms in total. The first-order chi connectivity index (χ1) is 9.93. The van der Waals surface area contributed by atoms with E-state index in [1.807, 2.05) is 6.92 Å². The number of ether oxygens (including phenoxy) is 1. The third-order valence-electron chi connectivity index (χ3n) is 3.95. The standard InChI is InChI=1S/C15H20N2O4/c1-10-8-17(9-13(10)14(18)19)15(20)16(2)11-4-6-12(21-3)7-5-11/h4-7,10,13H,8-9H2,1-3H3,(H,18,19). The van der Waals surface area contributed by atoms with Crippen LogP contribution in [0.4, 0.5) is 10.5 Å². The van der Waals surface area contributed by atoms with Gasteiger partial charge in [-0.1, -0.05) is 6.92 Å². The molecule has 2 amide bonds. The molecule has 0 bridgehead atoms. The first-order valence-electron chi connectivity index (χ1n) is 6.83. The zero-order valence-corrected chi connectivity index (χ0v) is 12.4. The Hall–Kier alpha value is -2.24. The van der Waals surface area contributed by atoms with Gasteiger partial charge in [-0.25, -0.2) is 4.79 Å². The summed E-state index contributed by atoms with van der Waals surface area (Å²) < 4.78 is 5.08. The van der Waals surface area contributed by atoms with Crippen molar-refractivity contribution in [2.45, 2.75) is 6.92 Å². The van der Waals surface area contributed by atoms with Gasteiger partial charge < -0.3 is 14.7 Å². The van der Waals surface area contributed by atoms with E-state index < -0.39 is 11.9 Å². The molecule has 6 heteroatoms. The Bertz CT molecular complexity index is 529. The average molecular weight is 292 g/mol. The Morgan fingerprint density at radius 3 is 2.38 bits per heavy atom. The maximum Gasteiger partial charge on any atom is 0.324 e. The van der Waals surface area contributed by atoms with Crippen molar-refractivity contribution in [2.24, 2.45) is 11.8 Å². The summed E-state index contributed by atoms with van der Waals surface area (Å²) in [6.45, 7) is 2.59. The summed E-state index contributed by atoms with van der Waals surface area (Å²) in [7, 11) is 3.27. The molecule has 1 aliphatic rings. The Labute approximate surface area is 123 Å². The normalized spacial score (nSPS) is 21.2. The van der Waals surface area contributed by atoms with Crippen LogP contribution in [-0.4, -0.2) is 49.3 Å². The van der Waals surface area contributed by atoms with Crippen molar-refractivity contribution in [3.63, 3.8) is 0 Å². The van der Waals surface area contributed by atoms with Gasteiger partial charge in [0.25, 0.3) is 0 Å². The molecule has 0 aromatic heterocycles. The summed E-state index contributed by atoms with van der Waals surface area (Å²) in [5, 5.41) is 9.13. The van der Waals surface area contributed by atoms with Gasteiger partial charge in [-0.05, 0) is 30.2 Å². The molecule has 1 aromatic rings. The molecular weight excluding hydrogens is 272 g/mol. The Balaban J connectivity index is 2.07. The van der Waals surface area contributed by atoms with Crippen molar-refractivity contribution in [3.8, 4) is 5.75 Å². The Kier molecular flexibility index (Phi) is 4.35. The summed E-state index contributed by atoms with van der Waals surface area (Å²) in [4.78, 5) is 26.7. The van der Waals surface area contributed by atoms with Gasteiger partial charge in [0.2, 0.25) is 0 Å². The SMILES string of the molecule is COc1ccc(N(C)C(=O)N2CC(C)C(C(=O)O)C2)cc1. The van der Waals surface area contributed by atoms with E-state index >= 15 is 0 Å². The van der Waals surface area contributed by atoms with Crippen LogP contribution in [0.25, 0.3) is 0 Å². The molecule has 0 radical (unpaired) electrons. The maximum absolute atomic E-state index is 12.4. The van der Waals surface area contributed by atoms with Crippen molar-refractivity contribution in [2.75, 3.05) is 32.1 Å². The predicted octanol–water partition coefficient (Wildman–Crippen LogP) is 1.90. The summed E-state index contributed by atoms with van der Waals surface area (Å²) in [6, 6.07) is 6.98.